The first-order valence-electron chi connectivity index (χ1n) is 4.94. The third kappa shape index (κ3) is 4.07. The summed E-state index contributed by atoms with van der Waals surface area (Å²) in [6.45, 7) is 0.223. The van der Waals surface area contributed by atoms with Gasteiger partial charge in [-0.2, -0.15) is 0 Å². The normalized spacial score (nSPS) is 9.76. The molecule has 92 valence electrons. The van der Waals surface area contributed by atoms with E-state index in [0.29, 0.717) is 11.3 Å². The number of carbonyl (C=O) groups is 2. The highest BCUT2D eigenvalue weighted by Crippen LogP contribution is 2.18. The van der Waals surface area contributed by atoms with Gasteiger partial charge in [-0.25, -0.2) is 0 Å². The van der Waals surface area contributed by atoms with Crippen LogP contribution in [0.15, 0.2) is 22.7 Å². The van der Waals surface area contributed by atoms with E-state index in [2.05, 4.69) is 26.0 Å². The van der Waals surface area contributed by atoms with Gasteiger partial charge in [0, 0.05) is 16.7 Å². The zero-order chi connectivity index (χ0) is 12.8. The van der Waals surface area contributed by atoms with E-state index in [-0.39, 0.29) is 24.8 Å². The third-order valence-corrected chi connectivity index (χ3v) is 2.59. The molecule has 5 nitrogen and oxygen atoms in total. The van der Waals surface area contributed by atoms with Gasteiger partial charge in [-0.1, -0.05) is 15.9 Å². The summed E-state index contributed by atoms with van der Waals surface area (Å²) in [4.78, 5) is 22.5. The maximum absolute atomic E-state index is 11.7. The van der Waals surface area contributed by atoms with E-state index >= 15 is 0 Å². The Labute approximate surface area is 107 Å². The Kier molecular flexibility index (Phi) is 4.96. The third-order valence-electron chi connectivity index (χ3n) is 2.10. The topological polar surface area (TPSA) is 81.4 Å². The van der Waals surface area contributed by atoms with Crippen molar-refractivity contribution in [3.63, 3.8) is 0 Å². The Balaban J connectivity index is 2.55. The van der Waals surface area contributed by atoms with Crippen LogP contribution in [0.3, 0.4) is 0 Å². The van der Waals surface area contributed by atoms with Crippen LogP contribution in [0.25, 0.3) is 0 Å². The van der Waals surface area contributed by atoms with Crippen molar-refractivity contribution in [1.29, 1.82) is 0 Å². The number of nitrogen functional groups attached to an aromatic ring is 1. The average Bonchev–Trinajstić information content (AvgIpc) is 2.28. The smallest absolute Gasteiger partial charge is 0.307 e. The first-order chi connectivity index (χ1) is 8.04. The second-order valence-corrected chi connectivity index (χ2v) is 4.23. The molecule has 0 aliphatic rings. The number of nitrogens with one attached hydrogen (secondary N) is 1. The molecule has 0 spiro atoms. The van der Waals surface area contributed by atoms with Crippen molar-refractivity contribution in [2.75, 3.05) is 19.4 Å². The van der Waals surface area contributed by atoms with Gasteiger partial charge < -0.3 is 15.8 Å². The molecule has 0 aliphatic carbocycles. The Bertz CT molecular complexity index is 435. The summed E-state index contributed by atoms with van der Waals surface area (Å²) in [5.41, 5.74) is 6.47. The highest BCUT2D eigenvalue weighted by molar-refractivity contribution is 9.10. The van der Waals surface area contributed by atoms with Crippen molar-refractivity contribution >= 4 is 33.5 Å². The molecule has 0 unspecified atom stereocenters. The molecule has 0 saturated heterocycles. The number of carbonyl (C=O) groups excluding carboxylic acids is 2. The zero-order valence-electron chi connectivity index (χ0n) is 9.33. The standard InChI is InChI=1S/C11H13BrN2O3/c1-17-10(15)4-5-14-11(16)8-3-2-7(12)6-9(8)13/h2-3,6H,4-5,13H2,1H3,(H,14,16). The number of benzene rings is 1. The molecule has 0 atom stereocenters. The van der Waals surface area contributed by atoms with Crippen molar-refractivity contribution in [2.45, 2.75) is 6.42 Å². The van der Waals surface area contributed by atoms with Gasteiger partial charge in [0.15, 0.2) is 0 Å². The minimum Gasteiger partial charge on any atom is -0.469 e. The number of rotatable bonds is 4. The molecule has 1 aromatic carbocycles. The zero-order valence-corrected chi connectivity index (χ0v) is 10.9. The van der Waals surface area contributed by atoms with Gasteiger partial charge in [0.2, 0.25) is 0 Å². The Morgan fingerprint density at radius 2 is 2.18 bits per heavy atom. The van der Waals surface area contributed by atoms with Gasteiger partial charge in [0.05, 0.1) is 19.1 Å². The number of esters is 1. The van der Waals surface area contributed by atoms with Crippen LogP contribution in [0.1, 0.15) is 16.8 Å². The largest absolute Gasteiger partial charge is 0.469 e. The van der Waals surface area contributed by atoms with Crippen LogP contribution in [0.2, 0.25) is 0 Å². The lowest BCUT2D eigenvalue weighted by atomic mass is 10.1. The maximum Gasteiger partial charge on any atom is 0.307 e. The summed E-state index contributed by atoms with van der Waals surface area (Å²) in [5.74, 6) is -0.673. The summed E-state index contributed by atoms with van der Waals surface area (Å²) in [6, 6.07) is 4.99. The highest BCUT2D eigenvalue weighted by Gasteiger charge is 2.10. The van der Waals surface area contributed by atoms with Crippen LogP contribution in [0.5, 0.6) is 0 Å². The van der Waals surface area contributed by atoms with E-state index < -0.39 is 0 Å². The molecule has 0 heterocycles. The van der Waals surface area contributed by atoms with Crippen molar-refractivity contribution < 1.29 is 14.3 Å². The Morgan fingerprint density at radius 1 is 1.47 bits per heavy atom. The summed E-state index contributed by atoms with van der Waals surface area (Å²) in [5, 5.41) is 2.59. The molecule has 17 heavy (non-hydrogen) atoms. The monoisotopic (exact) mass is 300 g/mol. The fourth-order valence-corrected chi connectivity index (χ4v) is 1.59. The van der Waals surface area contributed by atoms with Gasteiger partial charge in [-0.3, -0.25) is 9.59 Å². The van der Waals surface area contributed by atoms with Gasteiger partial charge in [-0.05, 0) is 18.2 Å². The molecule has 1 amide bonds. The van der Waals surface area contributed by atoms with Crippen LogP contribution >= 0.6 is 15.9 Å². The Morgan fingerprint density at radius 3 is 2.76 bits per heavy atom. The fraction of sp³-hybridized carbons (Fsp3) is 0.273. The molecular formula is C11H13BrN2O3. The van der Waals surface area contributed by atoms with E-state index in [4.69, 9.17) is 5.73 Å². The van der Waals surface area contributed by atoms with Crippen LogP contribution in [-0.4, -0.2) is 25.5 Å². The van der Waals surface area contributed by atoms with E-state index in [0.717, 1.165) is 4.47 Å². The summed E-state index contributed by atoms with van der Waals surface area (Å²) in [6.07, 6.45) is 0.138. The minimum absolute atomic E-state index is 0.138. The number of halogens is 1. The molecule has 1 aromatic rings. The van der Waals surface area contributed by atoms with Crippen LogP contribution in [0.4, 0.5) is 5.69 Å². The molecule has 0 fully saturated rings. The van der Waals surface area contributed by atoms with Crippen LogP contribution in [-0.2, 0) is 9.53 Å². The van der Waals surface area contributed by atoms with Gasteiger partial charge in [-0.15, -0.1) is 0 Å². The average molecular weight is 301 g/mol. The second kappa shape index (κ2) is 6.24. The number of ether oxygens (including phenoxy) is 1. The fourth-order valence-electron chi connectivity index (χ4n) is 1.22. The van der Waals surface area contributed by atoms with E-state index in [1.165, 1.54) is 7.11 Å². The van der Waals surface area contributed by atoms with E-state index in [1.807, 2.05) is 0 Å². The van der Waals surface area contributed by atoms with Gasteiger partial charge >= 0.3 is 5.97 Å². The number of nitrogens with two attached hydrogens (primary N) is 1. The lowest BCUT2D eigenvalue weighted by Crippen LogP contribution is -2.27. The summed E-state index contributed by atoms with van der Waals surface area (Å²) < 4.78 is 5.26. The van der Waals surface area contributed by atoms with E-state index in [1.54, 1.807) is 18.2 Å². The minimum atomic E-state index is -0.367. The number of hydrogen-bond donors (Lipinski definition) is 2. The van der Waals surface area contributed by atoms with Crippen molar-refractivity contribution in [2.24, 2.45) is 0 Å². The lowest BCUT2D eigenvalue weighted by Gasteiger charge is -2.07. The number of methoxy groups -OCH3 is 1. The summed E-state index contributed by atoms with van der Waals surface area (Å²) >= 11 is 3.25. The predicted molar refractivity (Wildman–Crippen MR) is 67.5 cm³/mol. The van der Waals surface area contributed by atoms with Crippen molar-refractivity contribution in [1.82, 2.24) is 5.32 Å². The quantitative estimate of drug-likeness (QED) is 0.649. The first-order valence-corrected chi connectivity index (χ1v) is 5.74. The molecule has 0 aromatic heterocycles. The molecular weight excluding hydrogens is 288 g/mol. The predicted octanol–water partition coefficient (Wildman–Crippen LogP) is 1.32. The SMILES string of the molecule is COC(=O)CCNC(=O)c1ccc(Br)cc1N. The molecule has 3 N–H and O–H groups in total. The molecule has 0 bridgehead atoms. The number of anilines is 1. The van der Waals surface area contributed by atoms with Gasteiger partial charge in [0.25, 0.3) is 5.91 Å². The molecule has 0 aliphatic heterocycles. The highest BCUT2D eigenvalue weighted by atomic mass is 79.9. The first kappa shape index (κ1) is 13.5. The maximum atomic E-state index is 11.7. The van der Waals surface area contributed by atoms with Gasteiger partial charge in [0.1, 0.15) is 0 Å². The molecule has 1 rings (SSSR count). The molecule has 0 saturated carbocycles. The number of hydrogen-bond acceptors (Lipinski definition) is 4. The number of amides is 1. The second-order valence-electron chi connectivity index (χ2n) is 3.31. The van der Waals surface area contributed by atoms with Crippen LogP contribution in [0, 0.1) is 0 Å². The van der Waals surface area contributed by atoms with Crippen LogP contribution < -0.4 is 11.1 Å². The molecule has 6 heteroatoms. The van der Waals surface area contributed by atoms with Crippen molar-refractivity contribution in [3.05, 3.63) is 28.2 Å². The van der Waals surface area contributed by atoms with Crippen molar-refractivity contribution in [3.8, 4) is 0 Å². The summed E-state index contributed by atoms with van der Waals surface area (Å²) in [7, 11) is 1.30. The van der Waals surface area contributed by atoms with E-state index in [9.17, 15) is 9.59 Å². The lowest BCUT2D eigenvalue weighted by molar-refractivity contribution is -0.140. The Hall–Kier alpha value is -1.56. The molecule has 0 radical (unpaired) electrons.